The number of rotatable bonds is 9. The van der Waals surface area contributed by atoms with Crippen molar-refractivity contribution in [1.29, 1.82) is 0 Å². The topological polar surface area (TPSA) is 59.9 Å². The number of hydrogen-bond acceptors (Lipinski definition) is 4. The second kappa shape index (κ2) is 10.5. The van der Waals surface area contributed by atoms with Gasteiger partial charge in [-0.25, -0.2) is 0 Å². The number of para-hydroxylation sites is 2. The number of oxime groups is 1. The first-order valence-electron chi connectivity index (χ1n) is 9.41. The summed E-state index contributed by atoms with van der Waals surface area (Å²) in [7, 11) is 0. The Morgan fingerprint density at radius 2 is 1.66 bits per heavy atom. The van der Waals surface area contributed by atoms with Gasteiger partial charge in [-0.05, 0) is 35.1 Å². The van der Waals surface area contributed by atoms with Gasteiger partial charge in [-0.1, -0.05) is 63.2 Å². The number of hydrogen-bond donors (Lipinski definition) is 1. The molecule has 29 heavy (non-hydrogen) atoms. The van der Waals surface area contributed by atoms with Crippen LogP contribution in [0.3, 0.4) is 0 Å². The molecule has 2 aromatic carbocycles. The van der Waals surface area contributed by atoms with E-state index in [9.17, 15) is 13.6 Å². The van der Waals surface area contributed by atoms with Gasteiger partial charge in [-0.15, -0.1) is 0 Å². The summed E-state index contributed by atoms with van der Waals surface area (Å²) in [6.45, 7) is 5.01. The number of carbonyl (C=O) groups is 1. The molecule has 0 saturated carbocycles. The molecule has 0 fully saturated rings. The molecule has 5 nitrogen and oxygen atoms in total. The molecule has 0 spiro atoms. The van der Waals surface area contributed by atoms with Crippen LogP contribution >= 0.6 is 0 Å². The highest BCUT2D eigenvalue weighted by atomic mass is 19.3. The molecule has 0 aliphatic carbocycles. The molecule has 7 heteroatoms. The summed E-state index contributed by atoms with van der Waals surface area (Å²) in [5.41, 5.74) is 3.21. The molecule has 2 rings (SSSR count). The Hall–Kier alpha value is -2.96. The van der Waals surface area contributed by atoms with E-state index >= 15 is 0 Å². The largest absolute Gasteiger partial charge is 0.434 e. The van der Waals surface area contributed by atoms with Crippen LogP contribution in [0.5, 0.6) is 5.75 Å². The number of nitrogens with zero attached hydrogens (tertiary/aromatic N) is 1. The summed E-state index contributed by atoms with van der Waals surface area (Å²) >= 11 is 0. The standard InChI is InChI=1S/C22H26F2N2O3/c1-14(2)17-9-7-10-18(15(3)4)21(17)26-20(27)13-28-25-12-16-8-5-6-11-19(16)29-22(23)24/h5-12,14-15,22H,13H2,1-4H3,(H,26,27)/b25-12+. The van der Waals surface area contributed by atoms with E-state index in [1.165, 1.54) is 12.3 Å². The van der Waals surface area contributed by atoms with E-state index in [0.717, 1.165) is 16.8 Å². The Balaban J connectivity index is 2.02. The van der Waals surface area contributed by atoms with Crippen LogP contribution in [0.2, 0.25) is 0 Å². The monoisotopic (exact) mass is 404 g/mol. The molecular formula is C22H26F2N2O3. The third-order valence-corrected chi connectivity index (χ3v) is 4.23. The molecule has 156 valence electrons. The summed E-state index contributed by atoms with van der Waals surface area (Å²) in [6, 6.07) is 12.1. The van der Waals surface area contributed by atoms with Gasteiger partial charge in [0.2, 0.25) is 0 Å². The maximum atomic E-state index is 12.4. The lowest BCUT2D eigenvalue weighted by atomic mass is 9.92. The first kappa shape index (κ1) is 22.3. The summed E-state index contributed by atoms with van der Waals surface area (Å²) in [4.78, 5) is 17.4. The van der Waals surface area contributed by atoms with E-state index in [2.05, 4.69) is 42.9 Å². The average Bonchev–Trinajstić information content (AvgIpc) is 2.65. The minimum atomic E-state index is -2.94. The first-order chi connectivity index (χ1) is 13.8. The lowest BCUT2D eigenvalue weighted by Gasteiger charge is -2.19. The number of carbonyl (C=O) groups excluding carboxylic acids is 1. The molecule has 0 saturated heterocycles. The van der Waals surface area contributed by atoms with Crippen molar-refractivity contribution >= 4 is 17.8 Å². The van der Waals surface area contributed by atoms with Crippen molar-refractivity contribution in [3.8, 4) is 5.75 Å². The average molecular weight is 404 g/mol. The van der Waals surface area contributed by atoms with Gasteiger partial charge >= 0.3 is 6.61 Å². The third kappa shape index (κ3) is 6.55. The molecule has 0 atom stereocenters. The molecule has 2 aromatic rings. The van der Waals surface area contributed by atoms with E-state index in [1.54, 1.807) is 18.2 Å². The Kier molecular flexibility index (Phi) is 8.12. The maximum absolute atomic E-state index is 12.4. The Bertz CT molecular complexity index is 825. The molecule has 0 radical (unpaired) electrons. The van der Waals surface area contributed by atoms with Crippen LogP contribution < -0.4 is 10.1 Å². The molecular weight excluding hydrogens is 378 g/mol. The van der Waals surface area contributed by atoms with Gasteiger partial charge in [0.15, 0.2) is 6.61 Å². The molecule has 0 bridgehead atoms. The predicted molar refractivity (Wildman–Crippen MR) is 110 cm³/mol. The van der Waals surface area contributed by atoms with Crippen molar-refractivity contribution in [1.82, 2.24) is 0 Å². The second-order valence-electron chi connectivity index (χ2n) is 7.09. The first-order valence-corrected chi connectivity index (χ1v) is 9.41. The lowest BCUT2D eigenvalue weighted by molar-refractivity contribution is -0.120. The highest BCUT2D eigenvalue weighted by Crippen LogP contribution is 2.32. The number of anilines is 1. The van der Waals surface area contributed by atoms with Crippen LogP contribution in [0.15, 0.2) is 47.6 Å². The predicted octanol–water partition coefficient (Wildman–Crippen LogP) is 5.52. The number of ether oxygens (including phenoxy) is 1. The minimum Gasteiger partial charge on any atom is -0.434 e. The van der Waals surface area contributed by atoms with Crippen molar-refractivity contribution in [2.75, 3.05) is 11.9 Å². The number of nitrogens with one attached hydrogen (secondary N) is 1. The van der Waals surface area contributed by atoms with Crippen LogP contribution in [0.25, 0.3) is 0 Å². The minimum absolute atomic E-state index is 0.0215. The molecule has 0 aromatic heterocycles. The molecule has 0 heterocycles. The SMILES string of the molecule is CC(C)c1cccc(C(C)C)c1NC(=O)CO/N=C/c1ccccc1OC(F)F. The van der Waals surface area contributed by atoms with Gasteiger partial charge < -0.3 is 14.9 Å². The molecule has 1 N–H and O–H groups in total. The molecule has 0 aliphatic rings. The Morgan fingerprint density at radius 3 is 2.24 bits per heavy atom. The van der Waals surface area contributed by atoms with Crippen molar-refractivity contribution in [2.24, 2.45) is 5.16 Å². The number of amides is 1. The zero-order chi connectivity index (χ0) is 21.4. The van der Waals surface area contributed by atoms with E-state index in [1.807, 2.05) is 18.2 Å². The van der Waals surface area contributed by atoms with Crippen molar-refractivity contribution in [2.45, 2.75) is 46.1 Å². The van der Waals surface area contributed by atoms with Crippen molar-refractivity contribution in [3.05, 3.63) is 59.2 Å². The maximum Gasteiger partial charge on any atom is 0.387 e. The highest BCUT2D eigenvalue weighted by molar-refractivity contribution is 5.93. The Labute approximate surface area is 169 Å². The van der Waals surface area contributed by atoms with Gasteiger partial charge in [0, 0.05) is 11.3 Å². The Morgan fingerprint density at radius 1 is 1.03 bits per heavy atom. The van der Waals surface area contributed by atoms with Crippen molar-refractivity contribution in [3.63, 3.8) is 0 Å². The zero-order valence-corrected chi connectivity index (χ0v) is 17.0. The lowest BCUT2D eigenvalue weighted by Crippen LogP contribution is -2.19. The van der Waals surface area contributed by atoms with Gasteiger partial charge in [0.1, 0.15) is 5.75 Å². The van der Waals surface area contributed by atoms with E-state index < -0.39 is 6.61 Å². The van der Waals surface area contributed by atoms with Crippen LogP contribution in [0.4, 0.5) is 14.5 Å². The fourth-order valence-corrected chi connectivity index (χ4v) is 2.85. The van der Waals surface area contributed by atoms with Crippen LogP contribution in [0, 0.1) is 0 Å². The van der Waals surface area contributed by atoms with Crippen molar-refractivity contribution < 1.29 is 23.1 Å². The van der Waals surface area contributed by atoms with Gasteiger partial charge in [-0.2, -0.15) is 8.78 Å². The number of halogens is 2. The second-order valence-corrected chi connectivity index (χ2v) is 7.09. The van der Waals surface area contributed by atoms with Crippen LogP contribution in [0.1, 0.15) is 56.2 Å². The summed E-state index contributed by atoms with van der Waals surface area (Å²) in [6.07, 6.45) is 1.23. The van der Waals surface area contributed by atoms with E-state index in [0.29, 0.717) is 5.56 Å². The normalized spacial score (nSPS) is 11.5. The summed E-state index contributed by atoms with van der Waals surface area (Å²) in [5, 5.41) is 6.61. The fourth-order valence-electron chi connectivity index (χ4n) is 2.85. The number of benzene rings is 2. The van der Waals surface area contributed by atoms with Gasteiger partial charge in [0.05, 0.1) is 6.21 Å². The summed E-state index contributed by atoms with van der Waals surface area (Å²) in [5.74, 6) is 0.115. The van der Waals surface area contributed by atoms with Crippen LogP contribution in [-0.2, 0) is 9.63 Å². The summed E-state index contributed by atoms with van der Waals surface area (Å²) < 4.78 is 29.3. The fraction of sp³-hybridized carbons (Fsp3) is 0.364. The third-order valence-electron chi connectivity index (χ3n) is 4.23. The van der Waals surface area contributed by atoms with E-state index in [4.69, 9.17) is 4.84 Å². The van der Waals surface area contributed by atoms with Crippen LogP contribution in [-0.4, -0.2) is 25.3 Å². The van der Waals surface area contributed by atoms with Gasteiger partial charge in [0.25, 0.3) is 5.91 Å². The molecule has 0 aliphatic heterocycles. The zero-order valence-electron chi connectivity index (χ0n) is 17.0. The highest BCUT2D eigenvalue weighted by Gasteiger charge is 2.16. The molecule has 0 unspecified atom stereocenters. The van der Waals surface area contributed by atoms with Gasteiger partial charge in [-0.3, -0.25) is 4.79 Å². The number of alkyl halides is 2. The smallest absolute Gasteiger partial charge is 0.387 e. The quantitative estimate of drug-likeness (QED) is 0.442. The molecule has 1 amide bonds. The van der Waals surface area contributed by atoms with E-state index in [-0.39, 0.29) is 30.1 Å².